The summed E-state index contributed by atoms with van der Waals surface area (Å²) in [4.78, 5) is 28.6. The van der Waals surface area contributed by atoms with Crippen LogP contribution in [0.25, 0.3) is 0 Å². The van der Waals surface area contributed by atoms with Crippen molar-refractivity contribution < 1.29 is 4.79 Å². The number of rotatable bonds is 1. The molecule has 0 saturated carbocycles. The fourth-order valence-electron chi connectivity index (χ4n) is 2.93. The van der Waals surface area contributed by atoms with Crippen molar-refractivity contribution in [2.75, 3.05) is 26.2 Å². The van der Waals surface area contributed by atoms with Crippen LogP contribution in [0, 0.1) is 18.8 Å². The molecule has 0 radical (unpaired) electrons. The molecule has 0 spiro atoms. The first-order chi connectivity index (χ1) is 8.65. The molecule has 2 aliphatic heterocycles. The highest BCUT2D eigenvalue weighted by atomic mass is 16.2. The lowest BCUT2D eigenvalue weighted by atomic mass is 10.0. The third-order valence-electron chi connectivity index (χ3n) is 3.96. The highest BCUT2D eigenvalue weighted by molar-refractivity contribution is 5.94. The molecule has 0 bridgehead atoms. The molecular formula is C13H17N3O2. The van der Waals surface area contributed by atoms with E-state index >= 15 is 0 Å². The predicted molar refractivity (Wildman–Crippen MR) is 67.6 cm³/mol. The maximum atomic E-state index is 12.3. The van der Waals surface area contributed by atoms with E-state index in [0.29, 0.717) is 11.8 Å². The van der Waals surface area contributed by atoms with E-state index in [1.807, 2.05) is 11.8 Å². The van der Waals surface area contributed by atoms with Gasteiger partial charge in [0.05, 0.1) is 0 Å². The van der Waals surface area contributed by atoms with Crippen LogP contribution < -0.4 is 10.9 Å². The van der Waals surface area contributed by atoms with Crippen LogP contribution in [0.4, 0.5) is 0 Å². The summed E-state index contributed by atoms with van der Waals surface area (Å²) in [6, 6.07) is 3.40. The molecule has 0 unspecified atom stereocenters. The van der Waals surface area contributed by atoms with E-state index in [1.165, 1.54) is 0 Å². The Balaban J connectivity index is 1.81. The summed E-state index contributed by atoms with van der Waals surface area (Å²) < 4.78 is 0. The molecule has 2 N–H and O–H groups in total. The largest absolute Gasteiger partial charge is 0.338 e. The van der Waals surface area contributed by atoms with Gasteiger partial charge in [-0.2, -0.15) is 0 Å². The summed E-state index contributed by atoms with van der Waals surface area (Å²) in [6.07, 6.45) is 0. The molecular weight excluding hydrogens is 230 g/mol. The number of nitrogens with one attached hydrogen (secondary N) is 2. The zero-order chi connectivity index (χ0) is 12.7. The zero-order valence-corrected chi connectivity index (χ0v) is 10.4. The van der Waals surface area contributed by atoms with Crippen LogP contribution in [0.5, 0.6) is 0 Å². The predicted octanol–water partition coefficient (Wildman–Crippen LogP) is -0.0253. The molecule has 96 valence electrons. The monoisotopic (exact) mass is 247 g/mol. The average molecular weight is 247 g/mol. The molecule has 1 aromatic heterocycles. The maximum Gasteiger partial charge on any atom is 0.260 e. The number of hydrogen-bond acceptors (Lipinski definition) is 3. The van der Waals surface area contributed by atoms with Gasteiger partial charge in [0.1, 0.15) is 5.56 Å². The van der Waals surface area contributed by atoms with Gasteiger partial charge >= 0.3 is 0 Å². The highest BCUT2D eigenvalue weighted by Crippen LogP contribution is 2.26. The number of carbonyl (C=O) groups excluding carboxylic acids is 1. The van der Waals surface area contributed by atoms with Crippen molar-refractivity contribution in [1.82, 2.24) is 15.2 Å². The van der Waals surface area contributed by atoms with E-state index in [9.17, 15) is 9.59 Å². The van der Waals surface area contributed by atoms with Gasteiger partial charge in [0.2, 0.25) is 0 Å². The van der Waals surface area contributed by atoms with Crippen molar-refractivity contribution >= 4 is 5.91 Å². The summed E-state index contributed by atoms with van der Waals surface area (Å²) in [7, 11) is 0. The number of carbonyl (C=O) groups is 1. The number of hydrogen-bond donors (Lipinski definition) is 2. The van der Waals surface area contributed by atoms with E-state index in [1.54, 1.807) is 12.1 Å². The summed E-state index contributed by atoms with van der Waals surface area (Å²) in [6.45, 7) is 5.31. The van der Waals surface area contributed by atoms with E-state index in [0.717, 1.165) is 31.9 Å². The number of pyridine rings is 1. The Kier molecular flexibility index (Phi) is 2.70. The van der Waals surface area contributed by atoms with E-state index in [4.69, 9.17) is 0 Å². The van der Waals surface area contributed by atoms with Crippen molar-refractivity contribution in [3.05, 3.63) is 33.7 Å². The van der Waals surface area contributed by atoms with Crippen molar-refractivity contribution in [2.24, 2.45) is 11.8 Å². The molecule has 2 fully saturated rings. The molecule has 18 heavy (non-hydrogen) atoms. The molecule has 1 aromatic rings. The second-order valence-corrected chi connectivity index (χ2v) is 5.27. The zero-order valence-electron chi connectivity index (χ0n) is 10.4. The summed E-state index contributed by atoms with van der Waals surface area (Å²) >= 11 is 0. The van der Waals surface area contributed by atoms with Gasteiger partial charge < -0.3 is 15.2 Å². The second-order valence-electron chi connectivity index (χ2n) is 5.27. The summed E-state index contributed by atoms with van der Waals surface area (Å²) in [5.74, 6) is 0.975. The van der Waals surface area contributed by atoms with Crippen molar-refractivity contribution in [3.8, 4) is 0 Å². The van der Waals surface area contributed by atoms with Gasteiger partial charge in [0, 0.05) is 31.9 Å². The molecule has 0 aromatic carbocycles. The number of aryl methyl sites for hydroxylation is 1. The number of fused-ring (bicyclic) bond motifs is 1. The van der Waals surface area contributed by atoms with E-state index in [2.05, 4.69) is 10.3 Å². The third kappa shape index (κ3) is 1.84. The Hall–Kier alpha value is -1.62. The van der Waals surface area contributed by atoms with Gasteiger partial charge in [-0.05, 0) is 30.9 Å². The molecule has 1 amide bonds. The van der Waals surface area contributed by atoms with E-state index in [-0.39, 0.29) is 17.0 Å². The van der Waals surface area contributed by atoms with Crippen LogP contribution in [0.3, 0.4) is 0 Å². The molecule has 2 aliphatic rings. The standard InChI is InChI=1S/C13H17N3O2/c1-8-2-3-11(12(17)15-8)13(18)16-6-9-4-14-5-10(9)7-16/h2-3,9-10,14H,4-7H2,1H3,(H,15,17)/t9-,10+. The number of likely N-dealkylation sites (tertiary alicyclic amines) is 1. The molecule has 3 heterocycles. The first-order valence-electron chi connectivity index (χ1n) is 6.35. The number of aromatic amines is 1. The minimum Gasteiger partial charge on any atom is -0.338 e. The normalized spacial score (nSPS) is 26.4. The SMILES string of the molecule is Cc1ccc(C(=O)N2C[C@H]3CNC[C@H]3C2)c(=O)[nH]1. The Labute approximate surface area is 105 Å². The number of nitrogens with zero attached hydrogens (tertiary/aromatic N) is 1. The Bertz CT molecular complexity index is 525. The molecule has 0 aliphatic carbocycles. The molecule has 5 heteroatoms. The summed E-state index contributed by atoms with van der Waals surface area (Å²) in [5, 5.41) is 3.34. The Morgan fingerprint density at radius 3 is 2.56 bits per heavy atom. The van der Waals surface area contributed by atoms with Crippen LogP contribution in [0.2, 0.25) is 0 Å². The second kappa shape index (κ2) is 4.24. The molecule has 2 saturated heterocycles. The average Bonchev–Trinajstić information content (AvgIpc) is 2.87. The topological polar surface area (TPSA) is 65.2 Å². The first kappa shape index (κ1) is 11.5. The van der Waals surface area contributed by atoms with Gasteiger partial charge in [0.15, 0.2) is 0 Å². The molecule has 3 rings (SSSR count). The first-order valence-corrected chi connectivity index (χ1v) is 6.35. The fourth-order valence-corrected chi connectivity index (χ4v) is 2.93. The fraction of sp³-hybridized carbons (Fsp3) is 0.538. The molecule has 2 atom stereocenters. The highest BCUT2D eigenvalue weighted by Gasteiger charge is 2.38. The van der Waals surface area contributed by atoms with Gasteiger partial charge in [0.25, 0.3) is 11.5 Å². The van der Waals surface area contributed by atoms with Crippen LogP contribution in [0.1, 0.15) is 16.1 Å². The Morgan fingerprint density at radius 1 is 1.28 bits per heavy atom. The van der Waals surface area contributed by atoms with Crippen molar-refractivity contribution in [2.45, 2.75) is 6.92 Å². The number of aromatic nitrogens is 1. The quantitative estimate of drug-likeness (QED) is 0.732. The van der Waals surface area contributed by atoms with Crippen LogP contribution >= 0.6 is 0 Å². The lowest BCUT2D eigenvalue weighted by Gasteiger charge is -2.17. The third-order valence-corrected chi connectivity index (χ3v) is 3.96. The van der Waals surface area contributed by atoms with Gasteiger partial charge in [-0.1, -0.05) is 0 Å². The Morgan fingerprint density at radius 2 is 1.94 bits per heavy atom. The lowest BCUT2D eigenvalue weighted by molar-refractivity contribution is 0.0780. The lowest BCUT2D eigenvalue weighted by Crippen LogP contribution is -2.35. The minimum atomic E-state index is -0.282. The summed E-state index contributed by atoms with van der Waals surface area (Å²) in [5.41, 5.74) is 0.753. The van der Waals surface area contributed by atoms with Gasteiger partial charge in [-0.3, -0.25) is 9.59 Å². The van der Waals surface area contributed by atoms with Gasteiger partial charge in [-0.15, -0.1) is 0 Å². The van der Waals surface area contributed by atoms with Gasteiger partial charge in [-0.25, -0.2) is 0 Å². The maximum absolute atomic E-state index is 12.3. The number of amides is 1. The van der Waals surface area contributed by atoms with Crippen LogP contribution in [-0.4, -0.2) is 42.0 Å². The van der Waals surface area contributed by atoms with E-state index < -0.39 is 0 Å². The molecule has 5 nitrogen and oxygen atoms in total. The van der Waals surface area contributed by atoms with Crippen molar-refractivity contribution in [3.63, 3.8) is 0 Å². The smallest absolute Gasteiger partial charge is 0.260 e. The minimum absolute atomic E-state index is 0.134. The van der Waals surface area contributed by atoms with Crippen LogP contribution in [0.15, 0.2) is 16.9 Å². The van der Waals surface area contributed by atoms with Crippen LogP contribution in [-0.2, 0) is 0 Å². The van der Waals surface area contributed by atoms with Crippen molar-refractivity contribution in [1.29, 1.82) is 0 Å². The number of H-pyrrole nitrogens is 1.